The summed E-state index contributed by atoms with van der Waals surface area (Å²) in [5, 5.41) is 13.2. The summed E-state index contributed by atoms with van der Waals surface area (Å²) in [6.45, 7) is 0.778. The van der Waals surface area contributed by atoms with E-state index in [4.69, 9.17) is 4.74 Å². The number of ether oxygens (including phenoxy) is 1. The van der Waals surface area contributed by atoms with Gasteiger partial charge in [-0.05, 0) is 44.1 Å². The van der Waals surface area contributed by atoms with Crippen LogP contribution in [0.3, 0.4) is 0 Å². The Hall–Kier alpha value is -3.30. The number of nitro benzene ring substituents is 1. The van der Waals surface area contributed by atoms with Crippen LogP contribution in [0.5, 0.6) is 0 Å². The number of amides is 3. The van der Waals surface area contributed by atoms with Crippen molar-refractivity contribution >= 4 is 35.1 Å². The Morgan fingerprint density at radius 3 is 2.47 bits per heavy atom. The number of anilines is 1. The number of hydrogen-bond donors (Lipinski definition) is 1. The molecule has 1 aliphatic heterocycles. The number of hydrogen-bond acceptors (Lipinski definition) is 7. The molecule has 0 aromatic heterocycles. The van der Waals surface area contributed by atoms with E-state index in [-0.39, 0.29) is 46.9 Å². The highest BCUT2D eigenvalue weighted by atomic mass is 16.6. The third kappa shape index (κ3) is 3.31. The largest absolute Gasteiger partial charge is 0.454 e. The molecule has 1 aromatic carbocycles. The highest BCUT2D eigenvalue weighted by molar-refractivity contribution is 6.08. The Labute approximate surface area is 171 Å². The van der Waals surface area contributed by atoms with Crippen LogP contribution in [0, 0.1) is 33.8 Å². The summed E-state index contributed by atoms with van der Waals surface area (Å²) in [5.41, 5.74) is -0.00418. The first-order chi connectivity index (χ1) is 14.3. The molecule has 1 saturated heterocycles. The summed E-state index contributed by atoms with van der Waals surface area (Å²) >= 11 is 0. The number of nitrogens with zero attached hydrogens (tertiary/aromatic N) is 2. The number of fused-ring (bicyclic) bond motifs is 5. The molecule has 10 heteroatoms. The molecule has 5 atom stereocenters. The zero-order valence-electron chi connectivity index (χ0n) is 16.3. The lowest BCUT2D eigenvalue weighted by molar-refractivity contribution is -0.384. The van der Waals surface area contributed by atoms with E-state index in [2.05, 4.69) is 5.32 Å². The molecule has 2 aliphatic carbocycles. The lowest BCUT2D eigenvalue weighted by Crippen LogP contribution is -2.45. The van der Waals surface area contributed by atoms with Gasteiger partial charge in [-0.2, -0.15) is 0 Å². The first-order valence-electron chi connectivity index (χ1n) is 9.85. The summed E-state index contributed by atoms with van der Waals surface area (Å²) in [6, 6.07) is 4.22. The SMILES string of the molecule is C[C@H](C(=O)OCC(=O)Nc1cccc([N+](=O)[O-])c1)N1C(=O)[C@@H]2[C@@H]3CC[C@@H](C3)[C@@H]2C1=O. The van der Waals surface area contributed by atoms with E-state index in [0.29, 0.717) is 0 Å². The topological polar surface area (TPSA) is 136 Å². The lowest BCUT2D eigenvalue weighted by atomic mass is 9.81. The fourth-order valence-corrected chi connectivity index (χ4v) is 5.07. The number of imide groups is 1. The highest BCUT2D eigenvalue weighted by Crippen LogP contribution is 2.56. The number of benzene rings is 1. The standard InChI is InChI=1S/C20H21N3O7/c1-10(22-18(25)16-11-5-6-12(7-11)17(16)19(22)26)20(27)30-9-15(24)21-13-3-2-4-14(8-13)23(28)29/h2-4,8,10-12,16-17H,5-7,9H2,1H3,(H,21,24)/t10-,11-,12+,16-,17+/m1/s1. The maximum atomic E-state index is 12.8. The van der Waals surface area contributed by atoms with Crippen molar-refractivity contribution in [2.75, 3.05) is 11.9 Å². The molecule has 3 fully saturated rings. The zero-order valence-corrected chi connectivity index (χ0v) is 16.3. The molecule has 0 radical (unpaired) electrons. The molecule has 30 heavy (non-hydrogen) atoms. The van der Waals surface area contributed by atoms with E-state index in [1.165, 1.54) is 31.2 Å². The van der Waals surface area contributed by atoms with E-state index in [1.807, 2.05) is 0 Å². The van der Waals surface area contributed by atoms with Gasteiger partial charge in [0.25, 0.3) is 11.6 Å². The van der Waals surface area contributed by atoms with Gasteiger partial charge >= 0.3 is 5.97 Å². The average Bonchev–Trinajstić information content (AvgIpc) is 3.39. The molecule has 1 aromatic rings. The van der Waals surface area contributed by atoms with E-state index in [1.54, 1.807) is 0 Å². The van der Waals surface area contributed by atoms with Crippen molar-refractivity contribution in [3.05, 3.63) is 34.4 Å². The van der Waals surface area contributed by atoms with Crippen LogP contribution in [0.1, 0.15) is 26.2 Å². The Morgan fingerprint density at radius 1 is 1.23 bits per heavy atom. The first kappa shape index (κ1) is 20.0. The predicted molar refractivity (Wildman–Crippen MR) is 102 cm³/mol. The molecular weight excluding hydrogens is 394 g/mol. The Balaban J connectivity index is 1.33. The Morgan fingerprint density at radius 2 is 1.87 bits per heavy atom. The highest BCUT2D eigenvalue weighted by Gasteiger charge is 2.62. The molecule has 3 aliphatic rings. The summed E-state index contributed by atoms with van der Waals surface area (Å²) in [6.07, 6.45) is 2.78. The Bertz CT molecular complexity index is 918. The predicted octanol–water partition coefficient (Wildman–Crippen LogP) is 1.50. The van der Waals surface area contributed by atoms with Gasteiger partial charge in [0.2, 0.25) is 11.8 Å². The van der Waals surface area contributed by atoms with Crippen LogP contribution in [0.25, 0.3) is 0 Å². The minimum absolute atomic E-state index is 0.187. The van der Waals surface area contributed by atoms with Crippen molar-refractivity contribution in [1.82, 2.24) is 4.90 Å². The van der Waals surface area contributed by atoms with Gasteiger partial charge in [0, 0.05) is 17.8 Å². The van der Waals surface area contributed by atoms with Crippen LogP contribution in [0.15, 0.2) is 24.3 Å². The maximum Gasteiger partial charge on any atom is 0.329 e. The smallest absolute Gasteiger partial charge is 0.329 e. The van der Waals surface area contributed by atoms with Crippen LogP contribution >= 0.6 is 0 Å². The second-order valence-electron chi connectivity index (χ2n) is 8.07. The van der Waals surface area contributed by atoms with Gasteiger partial charge in [-0.3, -0.25) is 29.4 Å². The van der Waals surface area contributed by atoms with Crippen molar-refractivity contribution in [3.63, 3.8) is 0 Å². The fourth-order valence-electron chi connectivity index (χ4n) is 5.07. The first-order valence-corrected chi connectivity index (χ1v) is 9.85. The van der Waals surface area contributed by atoms with E-state index in [0.717, 1.165) is 24.2 Å². The average molecular weight is 415 g/mol. The van der Waals surface area contributed by atoms with Crippen molar-refractivity contribution in [2.24, 2.45) is 23.7 Å². The van der Waals surface area contributed by atoms with Gasteiger partial charge in [-0.15, -0.1) is 0 Å². The molecule has 2 bridgehead atoms. The summed E-state index contributed by atoms with van der Waals surface area (Å²) < 4.78 is 4.99. The van der Waals surface area contributed by atoms with Crippen molar-refractivity contribution in [1.29, 1.82) is 0 Å². The normalized spacial score (nSPS) is 27.7. The van der Waals surface area contributed by atoms with Gasteiger partial charge in [0.05, 0.1) is 16.8 Å². The van der Waals surface area contributed by atoms with Crippen LogP contribution in [-0.4, -0.2) is 46.2 Å². The molecule has 0 spiro atoms. The quantitative estimate of drug-likeness (QED) is 0.322. The number of carbonyl (C=O) groups excluding carboxylic acids is 4. The van der Waals surface area contributed by atoms with Gasteiger partial charge in [0.15, 0.2) is 6.61 Å². The minimum atomic E-state index is -1.11. The van der Waals surface area contributed by atoms with E-state index < -0.39 is 29.4 Å². The summed E-state index contributed by atoms with van der Waals surface area (Å²) in [4.78, 5) is 61.1. The molecule has 1 N–H and O–H groups in total. The van der Waals surface area contributed by atoms with Crippen molar-refractivity contribution in [2.45, 2.75) is 32.2 Å². The Kier molecular flexibility index (Phi) is 5.00. The molecule has 2 saturated carbocycles. The zero-order chi connectivity index (χ0) is 21.6. The van der Waals surface area contributed by atoms with E-state index >= 15 is 0 Å². The lowest BCUT2D eigenvalue weighted by Gasteiger charge is -2.23. The number of likely N-dealkylation sites (tertiary alicyclic amines) is 1. The van der Waals surface area contributed by atoms with E-state index in [9.17, 15) is 29.3 Å². The monoisotopic (exact) mass is 415 g/mol. The van der Waals surface area contributed by atoms with Gasteiger partial charge in [-0.1, -0.05) is 6.07 Å². The number of rotatable bonds is 6. The fraction of sp³-hybridized carbons (Fsp3) is 0.500. The molecule has 10 nitrogen and oxygen atoms in total. The third-order valence-corrected chi connectivity index (χ3v) is 6.38. The number of esters is 1. The number of nitrogens with one attached hydrogen (secondary N) is 1. The number of nitro groups is 1. The molecule has 158 valence electrons. The molecular formula is C20H21N3O7. The summed E-state index contributed by atoms with van der Waals surface area (Å²) in [5.74, 6) is -2.41. The molecule has 3 amide bonds. The van der Waals surface area contributed by atoms with Crippen molar-refractivity contribution < 1.29 is 28.8 Å². The van der Waals surface area contributed by atoms with Gasteiger partial charge < -0.3 is 10.1 Å². The minimum Gasteiger partial charge on any atom is -0.454 e. The van der Waals surface area contributed by atoms with Gasteiger partial charge in [0.1, 0.15) is 6.04 Å². The van der Waals surface area contributed by atoms with Crippen LogP contribution in [0.4, 0.5) is 11.4 Å². The number of non-ortho nitro benzene ring substituents is 1. The van der Waals surface area contributed by atoms with Crippen LogP contribution < -0.4 is 5.32 Å². The number of carbonyl (C=O) groups is 4. The molecule has 4 rings (SSSR count). The van der Waals surface area contributed by atoms with Crippen LogP contribution in [0.2, 0.25) is 0 Å². The third-order valence-electron chi connectivity index (χ3n) is 6.38. The second kappa shape index (κ2) is 7.51. The van der Waals surface area contributed by atoms with Gasteiger partial charge in [-0.25, -0.2) is 4.79 Å². The van der Waals surface area contributed by atoms with Crippen LogP contribution in [-0.2, 0) is 23.9 Å². The maximum absolute atomic E-state index is 12.8. The molecule has 0 unspecified atom stereocenters. The van der Waals surface area contributed by atoms with Crippen molar-refractivity contribution in [3.8, 4) is 0 Å². The summed E-state index contributed by atoms with van der Waals surface area (Å²) in [7, 11) is 0. The molecule has 1 heterocycles. The second-order valence-corrected chi connectivity index (χ2v) is 8.07.